The maximum atomic E-state index is 6.37. The molecular weight excluding hydrogens is 302 g/mol. The van der Waals surface area contributed by atoms with Crippen molar-refractivity contribution < 1.29 is 0 Å². The van der Waals surface area contributed by atoms with E-state index in [9.17, 15) is 0 Å². The van der Waals surface area contributed by atoms with Crippen LogP contribution in [0.1, 0.15) is 51.0 Å². The maximum absolute atomic E-state index is 6.37. The van der Waals surface area contributed by atoms with Crippen molar-refractivity contribution in [3.63, 3.8) is 0 Å². The molecule has 1 aromatic heterocycles. The Kier molecular flexibility index (Phi) is 3.39. The van der Waals surface area contributed by atoms with Crippen LogP contribution in [0, 0.1) is 5.92 Å². The Hall–Kier alpha value is -0.870. The van der Waals surface area contributed by atoms with Crippen molar-refractivity contribution in [3.8, 4) is 0 Å². The summed E-state index contributed by atoms with van der Waals surface area (Å²) in [6, 6.07) is 6.96. The van der Waals surface area contributed by atoms with E-state index in [1.54, 1.807) is 0 Å². The Morgan fingerprint density at radius 2 is 2.16 bits per heavy atom. The van der Waals surface area contributed by atoms with Gasteiger partial charge < -0.3 is 10.3 Å². The number of nitrogens with zero attached hydrogens (tertiary/aromatic N) is 2. The van der Waals surface area contributed by atoms with Gasteiger partial charge in [0.1, 0.15) is 5.82 Å². The van der Waals surface area contributed by atoms with Gasteiger partial charge in [0.25, 0.3) is 0 Å². The summed E-state index contributed by atoms with van der Waals surface area (Å²) in [5, 5.41) is 0. The molecule has 102 valence electrons. The van der Waals surface area contributed by atoms with Crippen LogP contribution in [0.15, 0.2) is 22.7 Å². The molecule has 3 rings (SSSR count). The van der Waals surface area contributed by atoms with Gasteiger partial charge in [-0.05, 0) is 43.4 Å². The fraction of sp³-hybridized carbons (Fsp3) is 0.533. The summed E-state index contributed by atoms with van der Waals surface area (Å²) in [6.07, 6.45) is 3.49. The highest BCUT2D eigenvalue weighted by atomic mass is 79.9. The smallest absolute Gasteiger partial charge is 0.127 e. The number of hydrogen-bond acceptors (Lipinski definition) is 2. The lowest BCUT2D eigenvalue weighted by molar-refractivity contribution is 0.477. The van der Waals surface area contributed by atoms with Crippen LogP contribution in [0.3, 0.4) is 0 Å². The number of rotatable bonds is 4. The predicted octanol–water partition coefficient (Wildman–Crippen LogP) is 4.18. The molecule has 1 aliphatic rings. The minimum Gasteiger partial charge on any atom is -0.324 e. The van der Waals surface area contributed by atoms with Crippen molar-refractivity contribution >= 4 is 27.0 Å². The highest BCUT2D eigenvalue weighted by Gasteiger charge is 2.30. The molecule has 1 atom stereocenters. The maximum Gasteiger partial charge on any atom is 0.127 e. The normalized spacial score (nSPS) is 17.3. The molecule has 0 amide bonds. The lowest BCUT2D eigenvalue weighted by Gasteiger charge is -2.16. The SMILES string of the molecule is CC(C)CC(N)c1nc2cc(Br)ccc2n1C1CC1. The number of aromatic nitrogens is 2. The number of fused-ring (bicyclic) bond motifs is 1. The van der Waals surface area contributed by atoms with Crippen molar-refractivity contribution in [2.24, 2.45) is 11.7 Å². The van der Waals surface area contributed by atoms with Crippen molar-refractivity contribution in [3.05, 3.63) is 28.5 Å². The lowest BCUT2D eigenvalue weighted by Crippen LogP contribution is -2.18. The summed E-state index contributed by atoms with van der Waals surface area (Å²) in [4.78, 5) is 4.80. The molecular formula is C15H20BrN3. The van der Waals surface area contributed by atoms with Crippen molar-refractivity contribution in [2.75, 3.05) is 0 Å². The van der Waals surface area contributed by atoms with Gasteiger partial charge >= 0.3 is 0 Å². The van der Waals surface area contributed by atoms with Crippen LogP contribution in [-0.2, 0) is 0 Å². The van der Waals surface area contributed by atoms with Crippen LogP contribution >= 0.6 is 15.9 Å². The standard InChI is InChI=1S/C15H20BrN3/c1-9(2)7-12(17)15-18-13-8-10(16)3-6-14(13)19(15)11-4-5-11/h3,6,8-9,11-12H,4-5,7,17H2,1-2H3. The van der Waals surface area contributed by atoms with E-state index in [2.05, 4.69) is 52.5 Å². The van der Waals surface area contributed by atoms with Crippen LogP contribution in [0.4, 0.5) is 0 Å². The van der Waals surface area contributed by atoms with E-state index >= 15 is 0 Å². The van der Waals surface area contributed by atoms with Crippen LogP contribution in [-0.4, -0.2) is 9.55 Å². The molecule has 0 aliphatic heterocycles. The molecule has 1 aromatic carbocycles. The van der Waals surface area contributed by atoms with Crippen molar-refractivity contribution in [1.82, 2.24) is 9.55 Å². The minimum atomic E-state index is 0.0341. The highest BCUT2D eigenvalue weighted by Crippen LogP contribution is 2.40. The molecule has 1 aliphatic carbocycles. The van der Waals surface area contributed by atoms with E-state index in [1.165, 1.54) is 18.4 Å². The van der Waals surface area contributed by atoms with Gasteiger partial charge in [-0.1, -0.05) is 29.8 Å². The van der Waals surface area contributed by atoms with Gasteiger partial charge in [-0.25, -0.2) is 4.98 Å². The van der Waals surface area contributed by atoms with Gasteiger partial charge in [-0.3, -0.25) is 0 Å². The molecule has 1 saturated carbocycles. The molecule has 1 fully saturated rings. The summed E-state index contributed by atoms with van der Waals surface area (Å²) in [5.41, 5.74) is 8.64. The molecule has 0 radical (unpaired) electrons. The monoisotopic (exact) mass is 321 g/mol. The van der Waals surface area contributed by atoms with E-state index in [0.29, 0.717) is 12.0 Å². The Morgan fingerprint density at radius 3 is 2.79 bits per heavy atom. The summed E-state index contributed by atoms with van der Waals surface area (Å²) in [6.45, 7) is 4.42. The molecule has 0 saturated heterocycles. The van der Waals surface area contributed by atoms with E-state index in [0.717, 1.165) is 22.2 Å². The molecule has 0 spiro atoms. The minimum absolute atomic E-state index is 0.0341. The Bertz CT molecular complexity index is 599. The van der Waals surface area contributed by atoms with Gasteiger partial charge in [-0.15, -0.1) is 0 Å². The van der Waals surface area contributed by atoms with E-state index in [4.69, 9.17) is 10.7 Å². The largest absolute Gasteiger partial charge is 0.324 e. The van der Waals surface area contributed by atoms with Crippen LogP contribution in [0.5, 0.6) is 0 Å². The topological polar surface area (TPSA) is 43.8 Å². The van der Waals surface area contributed by atoms with Crippen LogP contribution in [0.25, 0.3) is 11.0 Å². The van der Waals surface area contributed by atoms with Gasteiger partial charge in [0, 0.05) is 10.5 Å². The van der Waals surface area contributed by atoms with Gasteiger partial charge in [-0.2, -0.15) is 0 Å². The Labute approximate surface area is 122 Å². The highest BCUT2D eigenvalue weighted by molar-refractivity contribution is 9.10. The number of benzene rings is 1. The molecule has 19 heavy (non-hydrogen) atoms. The second kappa shape index (κ2) is 4.91. The number of nitrogens with two attached hydrogens (primary N) is 1. The van der Waals surface area contributed by atoms with Gasteiger partial charge in [0.2, 0.25) is 0 Å². The van der Waals surface area contributed by atoms with Gasteiger partial charge in [0.15, 0.2) is 0 Å². The number of imidazole rings is 1. The summed E-state index contributed by atoms with van der Waals surface area (Å²) < 4.78 is 3.44. The second-order valence-electron chi connectivity index (χ2n) is 5.94. The number of halogens is 1. The summed E-state index contributed by atoms with van der Waals surface area (Å²) in [5.74, 6) is 1.65. The molecule has 1 heterocycles. The quantitative estimate of drug-likeness (QED) is 0.918. The average molecular weight is 322 g/mol. The van der Waals surface area contributed by atoms with Crippen LogP contribution in [0.2, 0.25) is 0 Å². The first-order valence-electron chi connectivity index (χ1n) is 6.99. The summed E-state index contributed by atoms with van der Waals surface area (Å²) >= 11 is 3.52. The Balaban J connectivity index is 2.09. The third-order valence-electron chi connectivity index (χ3n) is 3.65. The zero-order valence-corrected chi connectivity index (χ0v) is 13.0. The second-order valence-corrected chi connectivity index (χ2v) is 6.86. The molecule has 2 N–H and O–H groups in total. The molecule has 4 heteroatoms. The molecule has 0 bridgehead atoms. The predicted molar refractivity (Wildman–Crippen MR) is 82.1 cm³/mol. The zero-order chi connectivity index (χ0) is 13.6. The van der Waals surface area contributed by atoms with Gasteiger partial charge in [0.05, 0.1) is 17.1 Å². The Morgan fingerprint density at radius 1 is 1.42 bits per heavy atom. The molecule has 2 aromatic rings. The first-order valence-corrected chi connectivity index (χ1v) is 7.78. The van der Waals surface area contributed by atoms with Crippen molar-refractivity contribution in [2.45, 2.75) is 45.2 Å². The van der Waals surface area contributed by atoms with E-state index in [1.807, 2.05) is 0 Å². The van der Waals surface area contributed by atoms with Crippen LogP contribution < -0.4 is 5.73 Å². The molecule has 3 nitrogen and oxygen atoms in total. The first kappa shape index (κ1) is 13.1. The zero-order valence-electron chi connectivity index (χ0n) is 11.4. The first-order chi connectivity index (χ1) is 9.06. The fourth-order valence-electron chi connectivity index (χ4n) is 2.68. The third kappa shape index (κ3) is 2.56. The van der Waals surface area contributed by atoms with E-state index in [-0.39, 0.29) is 6.04 Å². The number of hydrogen-bond donors (Lipinski definition) is 1. The third-order valence-corrected chi connectivity index (χ3v) is 4.14. The lowest BCUT2D eigenvalue weighted by atomic mass is 10.0. The summed E-state index contributed by atoms with van der Waals surface area (Å²) in [7, 11) is 0. The van der Waals surface area contributed by atoms with E-state index < -0.39 is 0 Å². The van der Waals surface area contributed by atoms with Crippen molar-refractivity contribution in [1.29, 1.82) is 0 Å². The fourth-order valence-corrected chi connectivity index (χ4v) is 3.03. The average Bonchev–Trinajstić information content (AvgIpc) is 3.09. The molecule has 1 unspecified atom stereocenters.